The lowest BCUT2D eigenvalue weighted by Gasteiger charge is -2.35. The first kappa shape index (κ1) is 23.9. The second-order valence-corrected chi connectivity index (χ2v) is 8.73. The van der Waals surface area contributed by atoms with E-state index in [4.69, 9.17) is 4.74 Å². The van der Waals surface area contributed by atoms with Crippen LogP contribution in [0, 0.1) is 0 Å². The Balaban J connectivity index is 1.39. The maximum Gasteiger partial charge on any atom is 0.586 e. The highest BCUT2D eigenvalue weighted by Gasteiger charge is 2.43. The predicted molar refractivity (Wildman–Crippen MR) is 121 cm³/mol. The molecule has 1 aromatic carbocycles. The van der Waals surface area contributed by atoms with E-state index in [0.29, 0.717) is 44.0 Å². The Morgan fingerprint density at radius 3 is 2.56 bits per heavy atom. The van der Waals surface area contributed by atoms with Gasteiger partial charge in [0, 0.05) is 39.4 Å². The molecule has 0 spiro atoms. The molecule has 0 unspecified atom stereocenters. The van der Waals surface area contributed by atoms with Crippen LogP contribution in [0.1, 0.15) is 30.7 Å². The van der Waals surface area contributed by atoms with Gasteiger partial charge in [-0.3, -0.25) is 4.79 Å². The Hall–Kier alpha value is -3.24. The number of amides is 1. The summed E-state index contributed by atoms with van der Waals surface area (Å²) >= 11 is 0. The topological polar surface area (TPSA) is 84.4 Å². The van der Waals surface area contributed by atoms with Gasteiger partial charge in [-0.05, 0) is 55.3 Å². The number of alkyl halides is 2. The van der Waals surface area contributed by atoms with Crippen LogP contribution in [0.4, 0.5) is 14.6 Å². The average molecular weight is 475 g/mol. The number of halogens is 2. The molecule has 1 amide bonds. The van der Waals surface area contributed by atoms with Crippen molar-refractivity contribution in [2.24, 2.45) is 0 Å². The lowest BCUT2D eigenvalue weighted by Crippen LogP contribution is -2.48. The van der Waals surface area contributed by atoms with Crippen LogP contribution in [-0.4, -0.2) is 60.5 Å². The molecule has 0 aliphatic carbocycles. The number of pyridine rings is 1. The van der Waals surface area contributed by atoms with Crippen LogP contribution < -0.4 is 14.4 Å². The van der Waals surface area contributed by atoms with Crippen molar-refractivity contribution < 1.29 is 32.9 Å². The first-order valence-corrected chi connectivity index (χ1v) is 10.9. The van der Waals surface area contributed by atoms with Crippen LogP contribution in [0.5, 0.6) is 11.5 Å². The Labute approximate surface area is 196 Å². The SMILES string of the molecule is COCc1cc(N2CCN(C(=O)/C=C/c3ccc4c(c3)OC(F)(F)O4)CC2)nc(C(C)(C)O)c1. The summed E-state index contributed by atoms with van der Waals surface area (Å²) < 4.78 is 40.4. The first-order valence-electron chi connectivity index (χ1n) is 10.9. The zero-order valence-electron chi connectivity index (χ0n) is 19.3. The highest BCUT2D eigenvalue weighted by atomic mass is 19.3. The minimum Gasteiger partial charge on any atom is -0.395 e. The third-order valence-corrected chi connectivity index (χ3v) is 5.57. The first-order chi connectivity index (χ1) is 16.0. The average Bonchev–Trinajstić information content (AvgIpc) is 3.10. The molecule has 2 aromatic rings. The zero-order chi connectivity index (χ0) is 24.5. The molecule has 10 heteroatoms. The number of benzene rings is 1. The standard InChI is InChI=1S/C24H27F2N3O5/c1-23(2,31)20-13-17(15-32-3)14-21(27-20)28-8-10-29(11-9-28)22(30)7-5-16-4-6-18-19(12-16)34-24(25,26)33-18/h4-7,12-14,31H,8-11,15H2,1-3H3/b7-5+. The molecule has 34 heavy (non-hydrogen) atoms. The smallest absolute Gasteiger partial charge is 0.395 e. The van der Waals surface area contributed by atoms with E-state index in [9.17, 15) is 18.7 Å². The second kappa shape index (κ2) is 9.19. The van der Waals surface area contributed by atoms with Gasteiger partial charge in [-0.25, -0.2) is 4.98 Å². The Kier molecular flexibility index (Phi) is 6.46. The molecular weight excluding hydrogens is 448 g/mol. The van der Waals surface area contributed by atoms with E-state index in [-0.39, 0.29) is 17.4 Å². The minimum atomic E-state index is -3.67. The second-order valence-electron chi connectivity index (χ2n) is 8.73. The Morgan fingerprint density at radius 2 is 1.88 bits per heavy atom. The maximum absolute atomic E-state index is 13.2. The summed E-state index contributed by atoms with van der Waals surface area (Å²) in [4.78, 5) is 21.1. The molecule has 1 fully saturated rings. The van der Waals surface area contributed by atoms with Crippen LogP contribution in [0.15, 0.2) is 36.4 Å². The van der Waals surface area contributed by atoms with Gasteiger partial charge < -0.3 is 29.1 Å². The van der Waals surface area contributed by atoms with E-state index >= 15 is 0 Å². The highest BCUT2D eigenvalue weighted by Crippen LogP contribution is 2.41. The van der Waals surface area contributed by atoms with Crippen molar-refractivity contribution >= 4 is 17.8 Å². The van der Waals surface area contributed by atoms with Gasteiger partial charge in [0.2, 0.25) is 5.91 Å². The van der Waals surface area contributed by atoms with Crippen LogP contribution in [-0.2, 0) is 21.7 Å². The van der Waals surface area contributed by atoms with Crippen LogP contribution in [0.2, 0.25) is 0 Å². The molecular formula is C24H27F2N3O5. The molecule has 1 saturated heterocycles. The summed E-state index contributed by atoms with van der Waals surface area (Å²) in [5.41, 5.74) is 0.920. The van der Waals surface area contributed by atoms with Gasteiger partial charge in [0.25, 0.3) is 0 Å². The fraction of sp³-hybridized carbons (Fsp3) is 0.417. The van der Waals surface area contributed by atoms with Crippen molar-refractivity contribution in [3.63, 3.8) is 0 Å². The summed E-state index contributed by atoms with van der Waals surface area (Å²) in [5.74, 6) is 0.440. The monoisotopic (exact) mass is 475 g/mol. The van der Waals surface area contributed by atoms with Crippen LogP contribution in [0.25, 0.3) is 6.08 Å². The molecule has 4 rings (SSSR count). The van der Waals surface area contributed by atoms with E-state index in [2.05, 4.69) is 19.4 Å². The lowest BCUT2D eigenvalue weighted by atomic mass is 10.0. The number of hydrogen-bond donors (Lipinski definition) is 1. The van der Waals surface area contributed by atoms with Gasteiger partial charge in [0.1, 0.15) is 11.4 Å². The number of ether oxygens (including phenoxy) is 3. The van der Waals surface area contributed by atoms with E-state index < -0.39 is 11.9 Å². The van der Waals surface area contributed by atoms with E-state index in [1.54, 1.807) is 38.0 Å². The number of methoxy groups -OCH3 is 1. The number of nitrogens with zero attached hydrogens (tertiary/aromatic N) is 3. The number of carbonyl (C=O) groups excluding carboxylic acids is 1. The third kappa shape index (κ3) is 5.45. The molecule has 0 radical (unpaired) electrons. The predicted octanol–water partition coefficient (Wildman–Crippen LogP) is 3.14. The van der Waals surface area contributed by atoms with Crippen molar-refractivity contribution in [1.29, 1.82) is 0 Å². The molecule has 8 nitrogen and oxygen atoms in total. The van der Waals surface area contributed by atoms with E-state index in [1.807, 2.05) is 12.1 Å². The fourth-order valence-corrected chi connectivity index (χ4v) is 3.79. The van der Waals surface area contributed by atoms with Gasteiger partial charge >= 0.3 is 6.29 Å². The Bertz CT molecular complexity index is 1090. The molecule has 3 heterocycles. The number of piperazine rings is 1. The number of carbonyl (C=O) groups is 1. The van der Waals surface area contributed by atoms with E-state index in [1.165, 1.54) is 18.2 Å². The minimum absolute atomic E-state index is 0.0412. The molecule has 0 atom stereocenters. The quantitative estimate of drug-likeness (QED) is 0.643. The van der Waals surface area contributed by atoms with Gasteiger partial charge in [-0.2, -0.15) is 0 Å². The summed E-state index contributed by atoms with van der Waals surface area (Å²) in [6, 6.07) is 8.11. The highest BCUT2D eigenvalue weighted by molar-refractivity contribution is 5.92. The van der Waals surface area contributed by atoms with Crippen LogP contribution in [0.3, 0.4) is 0 Å². The van der Waals surface area contributed by atoms with Crippen molar-refractivity contribution in [3.05, 3.63) is 53.2 Å². The van der Waals surface area contributed by atoms with Gasteiger partial charge in [0.15, 0.2) is 11.5 Å². The number of anilines is 1. The summed E-state index contributed by atoms with van der Waals surface area (Å²) in [6.07, 6.45) is -0.707. The molecule has 2 aliphatic heterocycles. The number of aliphatic hydroxyl groups is 1. The molecule has 1 N–H and O–H groups in total. The molecule has 0 bridgehead atoms. The van der Waals surface area contributed by atoms with Crippen molar-refractivity contribution in [2.75, 3.05) is 38.2 Å². The summed E-state index contributed by atoms with van der Waals surface area (Å²) in [5, 5.41) is 10.4. The van der Waals surface area contributed by atoms with E-state index in [0.717, 1.165) is 11.4 Å². The summed E-state index contributed by atoms with van der Waals surface area (Å²) in [6.45, 7) is 5.91. The third-order valence-electron chi connectivity index (χ3n) is 5.57. The zero-order valence-corrected chi connectivity index (χ0v) is 19.3. The normalized spacial score (nSPS) is 17.5. The number of fused-ring (bicyclic) bond motifs is 1. The summed E-state index contributed by atoms with van der Waals surface area (Å²) in [7, 11) is 1.61. The number of hydrogen-bond acceptors (Lipinski definition) is 7. The fourth-order valence-electron chi connectivity index (χ4n) is 3.79. The maximum atomic E-state index is 13.2. The largest absolute Gasteiger partial charge is 0.586 e. The van der Waals surface area contributed by atoms with Gasteiger partial charge in [-0.15, -0.1) is 8.78 Å². The number of aromatic nitrogens is 1. The molecule has 0 saturated carbocycles. The Morgan fingerprint density at radius 1 is 1.18 bits per heavy atom. The lowest BCUT2D eigenvalue weighted by molar-refractivity contribution is -0.286. The molecule has 1 aromatic heterocycles. The van der Waals surface area contributed by atoms with Gasteiger partial charge in [0.05, 0.1) is 12.3 Å². The molecule has 182 valence electrons. The van der Waals surface area contributed by atoms with Gasteiger partial charge in [-0.1, -0.05) is 6.07 Å². The number of rotatable bonds is 6. The molecule has 2 aliphatic rings. The van der Waals surface area contributed by atoms with Crippen molar-refractivity contribution in [3.8, 4) is 11.5 Å². The van der Waals surface area contributed by atoms with Crippen molar-refractivity contribution in [2.45, 2.75) is 32.4 Å². The van der Waals surface area contributed by atoms with Crippen molar-refractivity contribution in [1.82, 2.24) is 9.88 Å². The van der Waals surface area contributed by atoms with Crippen LogP contribution >= 0.6 is 0 Å².